The van der Waals surface area contributed by atoms with Crippen molar-refractivity contribution in [2.24, 2.45) is 4.99 Å². The minimum atomic E-state index is -0.148. The third-order valence-corrected chi connectivity index (χ3v) is 7.66. The molecule has 3 aliphatic heterocycles. The summed E-state index contributed by atoms with van der Waals surface area (Å²) in [6.07, 6.45) is 0.671. The number of amides is 2. The van der Waals surface area contributed by atoms with E-state index in [2.05, 4.69) is 10.2 Å². The average molecular weight is 501 g/mol. The number of thioether (sulfide) groups is 1. The van der Waals surface area contributed by atoms with Gasteiger partial charge in [0.1, 0.15) is 6.04 Å². The highest BCUT2D eigenvalue weighted by molar-refractivity contribution is 8.18. The van der Waals surface area contributed by atoms with E-state index in [0.717, 1.165) is 22.0 Å². The lowest BCUT2D eigenvalue weighted by atomic mass is 9.93. The van der Waals surface area contributed by atoms with E-state index in [1.54, 1.807) is 4.90 Å². The third kappa shape index (κ3) is 4.14. The van der Waals surface area contributed by atoms with E-state index in [4.69, 9.17) is 28.2 Å². The standard InChI is InChI=1S/C24H22Cl2N4O2S/c1-2-18-22(23(32)29-12-11-27-19(31)13-29)33-24-28-20(14-3-7-16(25)8-4-14)21(30(18)24)15-5-9-17(26)10-6-15/h3-10,20-21H,2,11-13H2,1H3,(H,27,31)/t20-,21+/m0/s1. The zero-order chi connectivity index (χ0) is 23.1. The molecular formula is C24H22Cl2N4O2S. The maximum Gasteiger partial charge on any atom is 0.263 e. The summed E-state index contributed by atoms with van der Waals surface area (Å²) in [6.45, 7) is 3.11. The number of fused-ring (bicyclic) bond motifs is 1. The monoisotopic (exact) mass is 500 g/mol. The summed E-state index contributed by atoms with van der Waals surface area (Å²) in [4.78, 5) is 34.7. The molecule has 9 heteroatoms. The van der Waals surface area contributed by atoms with Gasteiger partial charge in [0.25, 0.3) is 5.91 Å². The first-order chi connectivity index (χ1) is 16.0. The molecule has 170 valence electrons. The first-order valence-electron chi connectivity index (χ1n) is 10.8. The molecule has 0 radical (unpaired) electrons. The van der Waals surface area contributed by atoms with Gasteiger partial charge in [0.05, 0.1) is 17.5 Å². The van der Waals surface area contributed by atoms with E-state index in [1.807, 2.05) is 55.5 Å². The van der Waals surface area contributed by atoms with Gasteiger partial charge in [-0.3, -0.25) is 14.6 Å². The number of amidine groups is 1. The lowest BCUT2D eigenvalue weighted by Crippen LogP contribution is -2.50. The molecule has 0 unspecified atom stereocenters. The summed E-state index contributed by atoms with van der Waals surface area (Å²) in [5.74, 6) is -0.238. The predicted molar refractivity (Wildman–Crippen MR) is 132 cm³/mol. The molecule has 0 spiro atoms. The quantitative estimate of drug-likeness (QED) is 0.656. The van der Waals surface area contributed by atoms with Crippen molar-refractivity contribution in [1.82, 2.24) is 15.1 Å². The van der Waals surface area contributed by atoms with E-state index in [0.29, 0.717) is 34.5 Å². The Morgan fingerprint density at radius 1 is 1.09 bits per heavy atom. The van der Waals surface area contributed by atoms with Gasteiger partial charge in [0, 0.05) is 28.8 Å². The van der Waals surface area contributed by atoms with Crippen molar-refractivity contribution in [2.75, 3.05) is 19.6 Å². The van der Waals surface area contributed by atoms with Crippen LogP contribution in [0.2, 0.25) is 10.0 Å². The molecule has 2 aromatic rings. The second kappa shape index (κ2) is 9.05. The number of rotatable bonds is 4. The van der Waals surface area contributed by atoms with Crippen LogP contribution in [0.25, 0.3) is 0 Å². The fourth-order valence-corrected chi connectivity index (χ4v) is 5.99. The summed E-state index contributed by atoms with van der Waals surface area (Å²) in [6, 6.07) is 15.3. The van der Waals surface area contributed by atoms with E-state index < -0.39 is 0 Å². The number of nitrogens with zero attached hydrogens (tertiary/aromatic N) is 3. The van der Waals surface area contributed by atoms with E-state index >= 15 is 0 Å². The number of aliphatic imine (C=N–C) groups is 1. The van der Waals surface area contributed by atoms with E-state index in [1.165, 1.54) is 11.8 Å². The Balaban J connectivity index is 1.55. The Bertz CT molecular complexity index is 1160. The second-order valence-corrected chi connectivity index (χ2v) is 9.93. The van der Waals surface area contributed by atoms with Crippen LogP contribution < -0.4 is 5.32 Å². The number of hydrogen-bond acceptors (Lipinski definition) is 5. The molecule has 2 aromatic carbocycles. The Morgan fingerprint density at radius 3 is 2.33 bits per heavy atom. The number of benzene rings is 2. The number of hydrogen-bond donors (Lipinski definition) is 1. The van der Waals surface area contributed by atoms with Crippen molar-refractivity contribution >= 4 is 51.9 Å². The highest BCUT2D eigenvalue weighted by Crippen LogP contribution is 2.52. The summed E-state index contributed by atoms with van der Waals surface area (Å²) < 4.78 is 0. The molecule has 2 amide bonds. The fourth-order valence-electron chi connectivity index (χ4n) is 4.49. The van der Waals surface area contributed by atoms with Crippen molar-refractivity contribution in [2.45, 2.75) is 25.4 Å². The average Bonchev–Trinajstić information content (AvgIpc) is 3.36. The summed E-state index contributed by atoms with van der Waals surface area (Å²) in [5, 5.41) is 4.92. The van der Waals surface area contributed by atoms with Crippen LogP contribution in [0.15, 0.2) is 64.1 Å². The predicted octanol–water partition coefficient (Wildman–Crippen LogP) is 4.77. The van der Waals surface area contributed by atoms with Crippen LogP contribution >= 0.6 is 35.0 Å². The largest absolute Gasteiger partial charge is 0.353 e. The Kier molecular flexibility index (Phi) is 6.12. The van der Waals surface area contributed by atoms with Crippen molar-refractivity contribution in [3.8, 4) is 0 Å². The smallest absolute Gasteiger partial charge is 0.263 e. The maximum atomic E-state index is 13.4. The molecule has 6 nitrogen and oxygen atoms in total. The highest BCUT2D eigenvalue weighted by atomic mass is 35.5. The van der Waals surface area contributed by atoms with Crippen LogP contribution in [-0.2, 0) is 9.59 Å². The molecule has 1 fully saturated rings. The SMILES string of the molecule is CCC1=C(C(=O)N2CCNC(=O)C2)SC2=N[C@@H](c3ccc(Cl)cc3)[C@@H](c3ccc(Cl)cc3)N21. The molecule has 0 aliphatic carbocycles. The number of carbonyl (C=O) groups excluding carboxylic acids is 2. The molecule has 5 rings (SSSR count). The van der Waals surface area contributed by atoms with Gasteiger partial charge in [0.15, 0.2) is 5.17 Å². The molecule has 1 N–H and O–H groups in total. The first kappa shape index (κ1) is 22.3. The van der Waals surface area contributed by atoms with Gasteiger partial charge in [0.2, 0.25) is 5.91 Å². The van der Waals surface area contributed by atoms with Crippen molar-refractivity contribution < 1.29 is 9.59 Å². The summed E-state index contributed by atoms with van der Waals surface area (Å²) >= 11 is 13.7. The topological polar surface area (TPSA) is 65.0 Å². The van der Waals surface area contributed by atoms with Crippen molar-refractivity contribution in [1.29, 1.82) is 0 Å². The van der Waals surface area contributed by atoms with Crippen molar-refractivity contribution in [3.63, 3.8) is 0 Å². The molecule has 3 heterocycles. The summed E-state index contributed by atoms with van der Waals surface area (Å²) in [7, 11) is 0. The third-order valence-electron chi connectivity index (χ3n) is 6.06. The number of halogens is 2. The number of carbonyl (C=O) groups is 2. The van der Waals surface area contributed by atoms with Gasteiger partial charge < -0.3 is 15.1 Å². The molecule has 3 aliphatic rings. The van der Waals surface area contributed by atoms with Gasteiger partial charge >= 0.3 is 0 Å². The van der Waals surface area contributed by atoms with Gasteiger partial charge in [-0.25, -0.2) is 0 Å². The molecule has 0 aromatic heterocycles. The lowest BCUT2D eigenvalue weighted by molar-refractivity contribution is -0.135. The number of nitrogens with one attached hydrogen (secondary N) is 1. The summed E-state index contributed by atoms with van der Waals surface area (Å²) in [5.41, 5.74) is 3.06. The molecule has 0 saturated carbocycles. The van der Waals surface area contributed by atoms with Gasteiger partial charge in [-0.1, -0.05) is 54.4 Å². The van der Waals surface area contributed by atoms with Gasteiger partial charge in [-0.2, -0.15) is 0 Å². The molecule has 33 heavy (non-hydrogen) atoms. The van der Waals surface area contributed by atoms with E-state index in [-0.39, 0.29) is 30.4 Å². The van der Waals surface area contributed by atoms with Crippen LogP contribution in [-0.4, -0.2) is 46.4 Å². The Labute approximate surface area is 206 Å². The number of piperazine rings is 1. The van der Waals surface area contributed by atoms with Crippen LogP contribution in [0, 0.1) is 0 Å². The Morgan fingerprint density at radius 2 is 1.73 bits per heavy atom. The van der Waals surface area contributed by atoms with Crippen LogP contribution in [0.4, 0.5) is 0 Å². The zero-order valence-electron chi connectivity index (χ0n) is 17.9. The zero-order valence-corrected chi connectivity index (χ0v) is 20.3. The molecular weight excluding hydrogens is 479 g/mol. The minimum absolute atomic E-state index is 0.0837. The Hall–Kier alpha value is -2.48. The van der Waals surface area contributed by atoms with Crippen LogP contribution in [0.3, 0.4) is 0 Å². The number of allylic oxidation sites excluding steroid dienone is 1. The normalized spacial score (nSPS) is 22.4. The second-order valence-electron chi connectivity index (χ2n) is 8.08. The van der Waals surface area contributed by atoms with E-state index in [9.17, 15) is 9.59 Å². The highest BCUT2D eigenvalue weighted by Gasteiger charge is 2.46. The van der Waals surface area contributed by atoms with Crippen LogP contribution in [0.1, 0.15) is 36.6 Å². The minimum Gasteiger partial charge on any atom is -0.353 e. The maximum absolute atomic E-state index is 13.4. The molecule has 2 atom stereocenters. The molecule has 0 bridgehead atoms. The van der Waals surface area contributed by atoms with Crippen molar-refractivity contribution in [3.05, 3.63) is 80.3 Å². The fraction of sp³-hybridized carbons (Fsp3) is 0.292. The molecule has 1 saturated heterocycles. The lowest BCUT2D eigenvalue weighted by Gasteiger charge is -2.30. The first-order valence-corrected chi connectivity index (χ1v) is 12.4. The van der Waals surface area contributed by atoms with Crippen LogP contribution in [0.5, 0.6) is 0 Å². The van der Waals surface area contributed by atoms with Gasteiger partial charge in [-0.15, -0.1) is 0 Å². The van der Waals surface area contributed by atoms with Gasteiger partial charge in [-0.05, 0) is 53.6 Å².